The second-order valence-corrected chi connectivity index (χ2v) is 9.87. The first kappa shape index (κ1) is 32.0. The summed E-state index contributed by atoms with van der Waals surface area (Å²) in [6, 6.07) is 17.2. The third-order valence-electron chi connectivity index (χ3n) is 6.17. The molecule has 0 amide bonds. The molecule has 3 N–H and O–H groups in total. The number of ether oxygens (including phenoxy) is 4. The molecule has 0 fully saturated rings. The van der Waals surface area contributed by atoms with Crippen molar-refractivity contribution in [3.8, 4) is 11.5 Å². The fourth-order valence-corrected chi connectivity index (χ4v) is 4.35. The lowest BCUT2D eigenvalue weighted by Crippen LogP contribution is -2.29. The highest BCUT2D eigenvalue weighted by molar-refractivity contribution is 6.32. The smallest absolute Gasteiger partial charge is 0.339 e. The van der Waals surface area contributed by atoms with Gasteiger partial charge in [0.25, 0.3) is 0 Å². The van der Waals surface area contributed by atoms with Crippen LogP contribution in [0.5, 0.6) is 11.5 Å². The summed E-state index contributed by atoms with van der Waals surface area (Å²) in [5.74, 6) is 0.0966. The fourth-order valence-electron chi connectivity index (χ4n) is 3.86. The zero-order valence-electron chi connectivity index (χ0n) is 22.8. The number of para-hydroxylation sites is 1. The van der Waals surface area contributed by atoms with Crippen LogP contribution in [0.3, 0.4) is 0 Å². The SMILES string of the molecule is COC(=O)CCc1ccc(OCCC(O)C(O)CCOc2ccc(Nc3ccccc3C(=O)OC)cc2Cl)c(Cl)c1. The molecule has 0 saturated carbocycles. The number of benzene rings is 3. The Balaban J connectivity index is 1.42. The molecule has 0 radical (unpaired) electrons. The van der Waals surface area contributed by atoms with Gasteiger partial charge in [0.15, 0.2) is 0 Å². The van der Waals surface area contributed by atoms with E-state index in [0.29, 0.717) is 44.9 Å². The molecule has 0 heterocycles. The Morgan fingerprint density at radius 3 is 2.02 bits per heavy atom. The van der Waals surface area contributed by atoms with Crippen molar-refractivity contribution in [3.05, 3.63) is 81.8 Å². The van der Waals surface area contributed by atoms with Crippen molar-refractivity contribution in [1.82, 2.24) is 0 Å². The topological polar surface area (TPSA) is 124 Å². The van der Waals surface area contributed by atoms with Gasteiger partial charge in [0.1, 0.15) is 11.5 Å². The van der Waals surface area contributed by atoms with Crippen LogP contribution in [0.2, 0.25) is 10.0 Å². The predicted molar refractivity (Wildman–Crippen MR) is 157 cm³/mol. The second kappa shape index (κ2) is 16.1. The highest BCUT2D eigenvalue weighted by Gasteiger charge is 2.18. The number of anilines is 2. The van der Waals surface area contributed by atoms with Gasteiger partial charge in [-0.2, -0.15) is 0 Å². The number of aliphatic hydroxyl groups is 2. The van der Waals surface area contributed by atoms with Crippen molar-refractivity contribution in [1.29, 1.82) is 0 Å². The minimum Gasteiger partial charge on any atom is -0.492 e. The van der Waals surface area contributed by atoms with Crippen LogP contribution in [-0.2, 0) is 20.7 Å². The van der Waals surface area contributed by atoms with Gasteiger partial charge in [-0.25, -0.2) is 4.79 Å². The van der Waals surface area contributed by atoms with Crippen molar-refractivity contribution in [3.63, 3.8) is 0 Å². The van der Waals surface area contributed by atoms with E-state index in [-0.39, 0.29) is 38.4 Å². The molecule has 11 heteroatoms. The Kier molecular flexibility index (Phi) is 12.6. The maximum Gasteiger partial charge on any atom is 0.339 e. The summed E-state index contributed by atoms with van der Waals surface area (Å²) < 4.78 is 20.8. The van der Waals surface area contributed by atoms with Gasteiger partial charge in [-0.1, -0.05) is 41.4 Å². The third kappa shape index (κ3) is 9.82. The lowest BCUT2D eigenvalue weighted by Gasteiger charge is -2.19. The molecule has 0 bridgehead atoms. The van der Waals surface area contributed by atoms with E-state index in [1.54, 1.807) is 54.6 Å². The van der Waals surface area contributed by atoms with Gasteiger partial charge >= 0.3 is 11.9 Å². The van der Waals surface area contributed by atoms with Gasteiger partial charge in [-0.05, 0) is 54.4 Å². The van der Waals surface area contributed by atoms with Crippen LogP contribution in [0.4, 0.5) is 11.4 Å². The molecule has 0 aliphatic rings. The summed E-state index contributed by atoms with van der Waals surface area (Å²) in [6.45, 7) is 0.259. The van der Waals surface area contributed by atoms with Crippen molar-refractivity contribution >= 4 is 46.5 Å². The second-order valence-electron chi connectivity index (χ2n) is 9.06. The number of carbonyl (C=O) groups is 2. The van der Waals surface area contributed by atoms with Gasteiger partial charge in [0, 0.05) is 24.9 Å². The molecular weight excluding hydrogens is 573 g/mol. The highest BCUT2D eigenvalue weighted by Crippen LogP contribution is 2.31. The lowest BCUT2D eigenvalue weighted by atomic mass is 10.1. The van der Waals surface area contributed by atoms with Crippen LogP contribution in [0.25, 0.3) is 0 Å². The molecule has 3 aromatic carbocycles. The fraction of sp³-hybridized carbons (Fsp3) is 0.333. The maximum absolute atomic E-state index is 12.0. The number of hydrogen-bond acceptors (Lipinski definition) is 9. The summed E-state index contributed by atoms with van der Waals surface area (Å²) in [4.78, 5) is 23.3. The average Bonchev–Trinajstić information content (AvgIpc) is 2.97. The molecule has 0 aliphatic heterocycles. The first-order valence-corrected chi connectivity index (χ1v) is 13.7. The molecule has 0 spiro atoms. The number of esters is 2. The van der Waals surface area contributed by atoms with Crippen LogP contribution in [0.1, 0.15) is 35.2 Å². The number of nitrogens with one attached hydrogen (secondary N) is 1. The Morgan fingerprint density at radius 2 is 1.44 bits per heavy atom. The Labute approximate surface area is 248 Å². The summed E-state index contributed by atoms with van der Waals surface area (Å²) in [6.07, 6.45) is -0.978. The zero-order chi connectivity index (χ0) is 29.8. The van der Waals surface area contributed by atoms with E-state index in [0.717, 1.165) is 5.56 Å². The highest BCUT2D eigenvalue weighted by atomic mass is 35.5. The quantitative estimate of drug-likeness (QED) is 0.190. The van der Waals surface area contributed by atoms with Crippen LogP contribution < -0.4 is 14.8 Å². The summed E-state index contributed by atoms with van der Waals surface area (Å²) in [7, 11) is 2.66. The molecule has 0 aliphatic carbocycles. The van der Waals surface area contributed by atoms with Crippen LogP contribution in [0.15, 0.2) is 60.7 Å². The Morgan fingerprint density at radius 1 is 0.829 bits per heavy atom. The largest absolute Gasteiger partial charge is 0.492 e. The lowest BCUT2D eigenvalue weighted by molar-refractivity contribution is -0.140. The van der Waals surface area contributed by atoms with E-state index in [1.807, 2.05) is 6.07 Å². The van der Waals surface area contributed by atoms with Crippen LogP contribution in [0, 0.1) is 0 Å². The van der Waals surface area contributed by atoms with Crippen LogP contribution in [-0.4, -0.2) is 61.8 Å². The van der Waals surface area contributed by atoms with Crippen molar-refractivity contribution in [2.75, 3.05) is 32.8 Å². The molecule has 3 aromatic rings. The third-order valence-corrected chi connectivity index (χ3v) is 6.76. The Hall–Kier alpha value is -3.50. The summed E-state index contributed by atoms with van der Waals surface area (Å²) in [5.41, 5.74) is 2.47. The minimum atomic E-state index is -1.04. The monoisotopic (exact) mass is 605 g/mol. The molecule has 0 aromatic heterocycles. The number of hydrogen-bond donors (Lipinski definition) is 3. The number of methoxy groups -OCH3 is 2. The standard InChI is InChI=1S/C30H33Cl2NO8/c1-38-29(36)12-8-19-7-10-27(22(31)17-19)40-15-13-25(34)26(35)14-16-41-28-11-9-20(18-23(28)32)33-24-6-4-3-5-21(24)30(37)39-2/h3-7,9-11,17-18,25-26,33-35H,8,12-16H2,1-2H3. The first-order chi connectivity index (χ1) is 19.7. The molecule has 41 heavy (non-hydrogen) atoms. The summed E-state index contributed by atoms with van der Waals surface area (Å²) in [5, 5.41) is 24.5. The molecule has 9 nitrogen and oxygen atoms in total. The maximum atomic E-state index is 12.0. The average molecular weight is 606 g/mol. The normalized spacial score (nSPS) is 12.2. The molecule has 220 valence electrons. The van der Waals surface area contributed by atoms with Crippen molar-refractivity contribution < 1.29 is 38.7 Å². The number of aryl methyl sites for hydroxylation is 1. The van der Waals surface area contributed by atoms with Gasteiger partial charge in [-0.3, -0.25) is 4.79 Å². The number of aliphatic hydroxyl groups excluding tert-OH is 2. The van der Waals surface area contributed by atoms with Crippen molar-refractivity contribution in [2.24, 2.45) is 0 Å². The first-order valence-electron chi connectivity index (χ1n) is 12.9. The summed E-state index contributed by atoms with van der Waals surface area (Å²) >= 11 is 12.6. The number of halogens is 2. The van der Waals surface area contributed by atoms with Gasteiger partial charge in [0.05, 0.1) is 60.9 Å². The predicted octanol–water partition coefficient (Wildman–Crippen LogP) is 5.59. The molecule has 3 rings (SSSR count). The van der Waals surface area contributed by atoms with E-state index in [4.69, 9.17) is 37.4 Å². The van der Waals surface area contributed by atoms with Crippen molar-refractivity contribution in [2.45, 2.75) is 37.9 Å². The molecule has 0 saturated heterocycles. The zero-order valence-corrected chi connectivity index (χ0v) is 24.3. The van der Waals surface area contributed by atoms with E-state index >= 15 is 0 Å². The molecule has 2 atom stereocenters. The Bertz CT molecular complexity index is 1320. The van der Waals surface area contributed by atoms with Crippen LogP contribution >= 0.6 is 23.2 Å². The van der Waals surface area contributed by atoms with E-state index in [2.05, 4.69) is 10.1 Å². The van der Waals surface area contributed by atoms with Gasteiger partial charge < -0.3 is 34.5 Å². The molecular formula is C30H33Cl2NO8. The number of carbonyl (C=O) groups excluding carboxylic acids is 2. The van der Waals surface area contributed by atoms with Gasteiger partial charge in [-0.15, -0.1) is 0 Å². The van der Waals surface area contributed by atoms with Gasteiger partial charge in [0.2, 0.25) is 0 Å². The molecule has 2 unspecified atom stereocenters. The van der Waals surface area contributed by atoms with E-state index < -0.39 is 18.2 Å². The van der Waals surface area contributed by atoms with E-state index in [1.165, 1.54) is 14.2 Å². The minimum absolute atomic E-state index is 0.121. The van der Waals surface area contributed by atoms with E-state index in [9.17, 15) is 19.8 Å². The number of rotatable bonds is 15.